The lowest BCUT2D eigenvalue weighted by Gasteiger charge is -2.05. The third-order valence-corrected chi connectivity index (χ3v) is 3.67. The predicted octanol–water partition coefficient (Wildman–Crippen LogP) is 3.20. The highest BCUT2D eigenvalue weighted by molar-refractivity contribution is 7.99. The monoisotopic (exact) mass is 297 g/mol. The molecule has 0 aliphatic heterocycles. The molecule has 0 unspecified atom stereocenters. The molecule has 0 saturated carbocycles. The molecule has 0 fully saturated rings. The van der Waals surface area contributed by atoms with E-state index in [0.717, 1.165) is 27.8 Å². The van der Waals surface area contributed by atoms with Gasteiger partial charge in [0.25, 0.3) is 5.56 Å². The van der Waals surface area contributed by atoms with Gasteiger partial charge in [0.2, 0.25) is 0 Å². The number of anilines is 1. The first-order valence-corrected chi connectivity index (χ1v) is 7.83. The number of hydrogen-bond donors (Lipinski definition) is 2. The Morgan fingerprint density at radius 1 is 1.24 bits per heavy atom. The summed E-state index contributed by atoms with van der Waals surface area (Å²) < 4.78 is 3.07. The van der Waals surface area contributed by atoms with Crippen LogP contribution in [0.2, 0.25) is 0 Å². The average Bonchev–Trinajstić information content (AvgIpc) is 2.50. The summed E-state index contributed by atoms with van der Waals surface area (Å²) in [4.78, 5) is 19.3. The van der Waals surface area contributed by atoms with Gasteiger partial charge in [-0.05, 0) is 29.1 Å². The van der Waals surface area contributed by atoms with Gasteiger partial charge in [0.15, 0.2) is 0 Å². The maximum Gasteiger partial charge on any atom is 0.251 e. The van der Waals surface area contributed by atoms with Crippen molar-refractivity contribution in [2.45, 2.75) is 6.42 Å². The number of aromatic amines is 1. The van der Waals surface area contributed by atoms with Gasteiger partial charge in [-0.3, -0.25) is 4.79 Å². The number of hydrogen-bond acceptors (Lipinski definition) is 4. The first-order valence-electron chi connectivity index (χ1n) is 6.61. The Balaban J connectivity index is 1.90. The second-order valence-corrected chi connectivity index (χ2v) is 5.36. The van der Waals surface area contributed by atoms with Gasteiger partial charge in [0, 0.05) is 30.0 Å². The van der Waals surface area contributed by atoms with Crippen LogP contribution in [0.1, 0.15) is 11.1 Å². The van der Waals surface area contributed by atoms with E-state index < -0.39 is 0 Å². The summed E-state index contributed by atoms with van der Waals surface area (Å²) in [6, 6.07) is 13.6. The number of nitrogens with one attached hydrogen (secondary N) is 2. The minimum atomic E-state index is -0.0417. The molecule has 0 aliphatic carbocycles. The van der Waals surface area contributed by atoms with Crippen molar-refractivity contribution in [2.75, 3.05) is 11.0 Å². The standard InChI is InChI=1S/C16H15N3OS/c1-21-19-15-7-6-11(10-17-15)8-13-9-12-4-2-3-5-14(12)18-16(13)20/h2-7,9-10H,8H2,1H3,(H,17,19)(H,18,20). The van der Waals surface area contributed by atoms with E-state index in [0.29, 0.717) is 6.42 Å². The average molecular weight is 297 g/mol. The quantitative estimate of drug-likeness (QED) is 0.726. The summed E-state index contributed by atoms with van der Waals surface area (Å²) >= 11 is 1.50. The van der Waals surface area contributed by atoms with Crippen LogP contribution in [-0.2, 0) is 6.42 Å². The predicted molar refractivity (Wildman–Crippen MR) is 88.7 cm³/mol. The fourth-order valence-corrected chi connectivity index (χ4v) is 2.57. The molecule has 5 heteroatoms. The van der Waals surface area contributed by atoms with Crippen molar-refractivity contribution in [2.24, 2.45) is 0 Å². The Morgan fingerprint density at radius 3 is 2.86 bits per heavy atom. The third kappa shape index (κ3) is 3.08. The zero-order valence-corrected chi connectivity index (χ0v) is 12.4. The third-order valence-electron chi connectivity index (χ3n) is 3.26. The van der Waals surface area contributed by atoms with Crippen LogP contribution in [-0.4, -0.2) is 16.2 Å². The number of nitrogens with zero attached hydrogens (tertiary/aromatic N) is 1. The number of aromatic nitrogens is 2. The summed E-state index contributed by atoms with van der Waals surface area (Å²) in [5.74, 6) is 0.818. The van der Waals surface area contributed by atoms with E-state index in [4.69, 9.17) is 0 Å². The minimum Gasteiger partial charge on any atom is -0.322 e. The smallest absolute Gasteiger partial charge is 0.251 e. The normalized spacial score (nSPS) is 10.7. The topological polar surface area (TPSA) is 57.8 Å². The second kappa shape index (κ2) is 6.01. The molecule has 0 atom stereocenters. The van der Waals surface area contributed by atoms with Crippen LogP contribution in [0, 0.1) is 0 Å². The van der Waals surface area contributed by atoms with Gasteiger partial charge in [-0.2, -0.15) is 0 Å². The summed E-state index contributed by atoms with van der Waals surface area (Å²) in [6.45, 7) is 0. The number of para-hydroxylation sites is 1. The van der Waals surface area contributed by atoms with Crippen LogP contribution in [0.15, 0.2) is 53.5 Å². The minimum absolute atomic E-state index is 0.0417. The lowest BCUT2D eigenvalue weighted by molar-refractivity contribution is 1.10. The van der Waals surface area contributed by atoms with Crippen LogP contribution in [0.3, 0.4) is 0 Å². The van der Waals surface area contributed by atoms with E-state index in [2.05, 4.69) is 14.7 Å². The highest BCUT2D eigenvalue weighted by atomic mass is 32.2. The number of fused-ring (bicyclic) bond motifs is 1. The first kappa shape index (κ1) is 13.7. The molecule has 0 radical (unpaired) electrons. The van der Waals surface area contributed by atoms with E-state index in [1.165, 1.54) is 11.9 Å². The van der Waals surface area contributed by atoms with Gasteiger partial charge in [0.1, 0.15) is 5.82 Å². The van der Waals surface area contributed by atoms with Crippen molar-refractivity contribution in [3.05, 3.63) is 70.1 Å². The van der Waals surface area contributed by atoms with Crippen LogP contribution >= 0.6 is 11.9 Å². The van der Waals surface area contributed by atoms with Gasteiger partial charge < -0.3 is 9.71 Å². The molecule has 0 bridgehead atoms. The second-order valence-electron chi connectivity index (χ2n) is 4.75. The van der Waals surface area contributed by atoms with Crippen LogP contribution in [0.4, 0.5) is 5.82 Å². The summed E-state index contributed by atoms with van der Waals surface area (Å²) in [5.41, 5.74) is 2.59. The number of pyridine rings is 2. The molecule has 2 aromatic heterocycles. The Bertz CT molecular complexity index is 812. The summed E-state index contributed by atoms with van der Waals surface area (Å²) in [5, 5.41) is 1.04. The van der Waals surface area contributed by atoms with Crippen LogP contribution in [0.5, 0.6) is 0 Å². The fraction of sp³-hybridized carbons (Fsp3) is 0.125. The molecule has 1 aromatic carbocycles. The zero-order chi connectivity index (χ0) is 14.7. The first-order chi connectivity index (χ1) is 10.3. The van der Waals surface area contributed by atoms with Gasteiger partial charge in [-0.1, -0.05) is 36.2 Å². The molecule has 106 valence electrons. The van der Waals surface area contributed by atoms with E-state index in [9.17, 15) is 4.79 Å². The molecular formula is C16H15N3OS. The molecule has 2 heterocycles. The molecule has 0 saturated heterocycles. The van der Waals surface area contributed by atoms with Gasteiger partial charge in [-0.15, -0.1) is 0 Å². The van der Waals surface area contributed by atoms with E-state index in [1.54, 1.807) is 6.20 Å². The Hall–Kier alpha value is -2.27. The molecule has 2 N–H and O–H groups in total. The molecular weight excluding hydrogens is 282 g/mol. The molecule has 21 heavy (non-hydrogen) atoms. The van der Waals surface area contributed by atoms with Crippen LogP contribution < -0.4 is 10.3 Å². The van der Waals surface area contributed by atoms with Gasteiger partial charge in [-0.25, -0.2) is 4.98 Å². The van der Waals surface area contributed by atoms with Crippen LogP contribution in [0.25, 0.3) is 10.9 Å². The largest absolute Gasteiger partial charge is 0.322 e. The van der Waals surface area contributed by atoms with Crippen molar-refractivity contribution in [3.63, 3.8) is 0 Å². The number of benzene rings is 1. The Morgan fingerprint density at radius 2 is 2.10 bits per heavy atom. The maximum atomic E-state index is 12.1. The van der Waals surface area contributed by atoms with E-state index >= 15 is 0 Å². The highest BCUT2D eigenvalue weighted by Gasteiger charge is 2.04. The summed E-state index contributed by atoms with van der Waals surface area (Å²) in [6.07, 6.45) is 4.32. The molecule has 0 aliphatic rings. The Kier molecular flexibility index (Phi) is 3.92. The molecule has 0 spiro atoms. The van der Waals surface area contributed by atoms with Crippen molar-refractivity contribution in [1.82, 2.24) is 9.97 Å². The molecule has 0 amide bonds. The lowest BCUT2D eigenvalue weighted by Crippen LogP contribution is -2.12. The van der Waals surface area contributed by atoms with Crippen molar-refractivity contribution in [1.29, 1.82) is 0 Å². The number of rotatable bonds is 4. The van der Waals surface area contributed by atoms with Gasteiger partial charge >= 0.3 is 0 Å². The Labute approximate surface area is 126 Å². The molecule has 4 nitrogen and oxygen atoms in total. The van der Waals surface area contributed by atoms with Crippen molar-refractivity contribution < 1.29 is 0 Å². The van der Waals surface area contributed by atoms with E-state index in [1.807, 2.05) is 48.7 Å². The van der Waals surface area contributed by atoms with Gasteiger partial charge in [0.05, 0.1) is 0 Å². The van der Waals surface area contributed by atoms with Crippen molar-refractivity contribution >= 4 is 28.7 Å². The highest BCUT2D eigenvalue weighted by Crippen LogP contribution is 2.14. The van der Waals surface area contributed by atoms with E-state index in [-0.39, 0.29) is 5.56 Å². The molecule has 3 rings (SSSR count). The molecule has 3 aromatic rings. The zero-order valence-electron chi connectivity index (χ0n) is 11.6. The van der Waals surface area contributed by atoms with Crippen molar-refractivity contribution in [3.8, 4) is 0 Å². The maximum absolute atomic E-state index is 12.1. The fourth-order valence-electron chi connectivity index (χ4n) is 2.24. The number of H-pyrrole nitrogens is 1. The lowest BCUT2D eigenvalue weighted by atomic mass is 10.1. The SMILES string of the molecule is CSNc1ccc(Cc2cc3ccccc3[nH]c2=O)cn1. The summed E-state index contributed by atoms with van der Waals surface area (Å²) in [7, 11) is 0.